The summed E-state index contributed by atoms with van der Waals surface area (Å²) in [4.78, 5) is 93.5. The molecular weight excluding hydrogens is 480 g/mol. The molecule has 192 valence electrons. The predicted octanol–water partition coefficient (Wildman–Crippen LogP) is -0.919. The zero-order valence-corrected chi connectivity index (χ0v) is 17.8. The lowest BCUT2D eigenvalue weighted by molar-refractivity contribution is -0.164. The van der Waals surface area contributed by atoms with Crippen molar-refractivity contribution in [3.05, 3.63) is 0 Å². The Morgan fingerprint density at radius 3 is 1.00 bits per heavy atom. The number of rotatable bonds is 10. The van der Waals surface area contributed by atoms with Gasteiger partial charge in [-0.3, -0.25) is 38.4 Å². The first kappa shape index (κ1) is 27.2. The molecule has 0 amide bonds. The molecule has 2 aliphatic carbocycles. The fraction of sp³-hybridized carbons (Fsp3) is 0.600. The highest BCUT2D eigenvalue weighted by Crippen LogP contribution is 2.46. The highest BCUT2D eigenvalue weighted by Gasteiger charge is 2.55. The lowest BCUT2D eigenvalue weighted by Gasteiger charge is -2.21. The topological polar surface area (TPSA) is 267 Å². The minimum Gasteiger partial charge on any atom is -0.481 e. The van der Waals surface area contributed by atoms with Crippen LogP contribution in [0.4, 0.5) is 0 Å². The van der Waals surface area contributed by atoms with E-state index >= 15 is 0 Å². The van der Waals surface area contributed by atoms with Crippen molar-refractivity contribution in [1.82, 2.24) is 0 Å². The molecule has 6 N–H and O–H groups in total. The van der Waals surface area contributed by atoms with Crippen molar-refractivity contribution in [2.24, 2.45) is 47.3 Å². The van der Waals surface area contributed by atoms with Crippen molar-refractivity contribution in [3.63, 3.8) is 0 Å². The van der Waals surface area contributed by atoms with Gasteiger partial charge in [-0.1, -0.05) is 0 Å². The van der Waals surface area contributed by atoms with Gasteiger partial charge in [0.15, 0.2) is 0 Å². The first-order valence-corrected chi connectivity index (χ1v) is 10.3. The highest BCUT2D eigenvalue weighted by molar-refractivity contribution is 5.90. The summed E-state index contributed by atoms with van der Waals surface area (Å²) in [7, 11) is 0. The number of carbonyl (C=O) groups excluding carboxylic acids is 2. The zero-order chi connectivity index (χ0) is 26.8. The van der Waals surface area contributed by atoms with Crippen LogP contribution in [0.1, 0.15) is 25.7 Å². The number of ether oxygens (including phenoxy) is 1. The maximum absolute atomic E-state index is 12.3. The summed E-state index contributed by atoms with van der Waals surface area (Å²) in [5, 5.41) is 55.9. The molecule has 0 aromatic carbocycles. The second-order valence-electron chi connectivity index (χ2n) is 8.56. The number of carbonyl (C=O) groups is 8. The third-order valence-electron chi connectivity index (χ3n) is 6.71. The summed E-state index contributed by atoms with van der Waals surface area (Å²) >= 11 is 0. The second-order valence-corrected chi connectivity index (χ2v) is 8.56. The van der Waals surface area contributed by atoms with Gasteiger partial charge in [-0.15, -0.1) is 0 Å². The molecule has 15 nitrogen and oxygen atoms in total. The van der Waals surface area contributed by atoms with E-state index in [-0.39, 0.29) is 0 Å². The lowest BCUT2D eigenvalue weighted by Crippen LogP contribution is -2.34. The van der Waals surface area contributed by atoms with Gasteiger partial charge in [0.1, 0.15) is 0 Å². The van der Waals surface area contributed by atoms with Crippen molar-refractivity contribution in [3.8, 4) is 0 Å². The molecule has 0 spiro atoms. The van der Waals surface area contributed by atoms with Gasteiger partial charge >= 0.3 is 47.8 Å². The Balaban J connectivity index is 2.18. The van der Waals surface area contributed by atoms with E-state index in [0.717, 1.165) is 0 Å². The summed E-state index contributed by atoms with van der Waals surface area (Å²) in [6.45, 7) is 0. The van der Waals surface area contributed by atoms with Crippen LogP contribution in [0.5, 0.6) is 0 Å². The number of esters is 2. The van der Waals surface area contributed by atoms with E-state index < -0.39 is 121 Å². The van der Waals surface area contributed by atoms with Gasteiger partial charge in [0.2, 0.25) is 0 Å². The minimum atomic E-state index is -1.77. The first-order valence-electron chi connectivity index (χ1n) is 10.3. The molecule has 2 aliphatic rings. The second kappa shape index (κ2) is 10.5. The van der Waals surface area contributed by atoms with Crippen molar-refractivity contribution in [2.75, 3.05) is 0 Å². The van der Waals surface area contributed by atoms with Crippen LogP contribution in [-0.2, 0) is 43.1 Å². The van der Waals surface area contributed by atoms with Crippen molar-refractivity contribution in [2.45, 2.75) is 25.7 Å². The molecular formula is C20H22O15. The smallest absolute Gasteiger partial charge is 0.313 e. The standard InChI is InChI=1S/C20H22O15/c21-11(3-5-7(15(23)24)1-9(17(27)28)13(5)19(31)32)35-12(22)4-6-8(16(25)26)2-10(18(29)30)14(6)20(33)34/h5-10,13-14H,1-4H2,(H,23,24)(H,25,26)(H,27,28)(H,29,30)(H,31,32)(H,33,34). The largest absolute Gasteiger partial charge is 0.481 e. The Hall–Kier alpha value is -4.04. The van der Waals surface area contributed by atoms with Crippen molar-refractivity contribution in [1.29, 1.82) is 0 Å². The third kappa shape index (κ3) is 5.73. The van der Waals surface area contributed by atoms with Crippen molar-refractivity contribution < 1.29 is 73.7 Å². The quantitative estimate of drug-likeness (QED) is 0.156. The van der Waals surface area contributed by atoms with Crippen LogP contribution in [-0.4, -0.2) is 78.4 Å². The van der Waals surface area contributed by atoms with E-state index in [1.807, 2.05) is 0 Å². The maximum atomic E-state index is 12.3. The van der Waals surface area contributed by atoms with E-state index in [1.165, 1.54) is 0 Å². The predicted molar refractivity (Wildman–Crippen MR) is 103 cm³/mol. The third-order valence-corrected chi connectivity index (χ3v) is 6.71. The molecule has 35 heavy (non-hydrogen) atoms. The SMILES string of the molecule is O=C(CC1C(C(=O)O)CC(C(=O)O)C1C(=O)O)OC(=O)CC1C(C(=O)O)CC(C(=O)O)C1C(=O)O. The lowest BCUT2D eigenvalue weighted by atomic mass is 9.84. The molecule has 0 bridgehead atoms. The van der Waals surface area contributed by atoms with Gasteiger partial charge in [0, 0.05) is 0 Å². The summed E-state index contributed by atoms with van der Waals surface area (Å²) in [5.74, 6) is -25.3. The van der Waals surface area contributed by atoms with Gasteiger partial charge in [0.05, 0.1) is 48.3 Å². The number of hydrogen-bond donors (Lipinski definition) is 6. The Morgan fingerprint density at radius 1 is 0.486 bits per heavy atom. The number of hydrogen-bond acceptors (Lipinski definition) is 9. The normalized spacial score (nSPS) is 31.9. The number of carboxylic acids is 6. The number of carboxylic acid groups (broad SMARTS) is 6. The minimum absolute atomic E-state index is 0.577. The Labute approximate surface area is 195 Å². The molecule has 0 heterocycles. The molecule has 0 aromatic heterocycles. The van der Waals surface area contributed by atoms with Crippen LogP contribution in [0.2, 0.25) is 0 Å². The Bertz CT molecular complexity index is 892. The first-order chi connectivity index (χ1) is 16.2. The van der Waals surface area contributed by atoms with Gasteiger partial charge < -0.3 is 35.4 Å². The molecule has 15 heteroatoms. The van der Waals surface area contributed by atoms with Gasteiger partial charge in [0.25, 0.3) is 0 Å². The van der Waals surface area contributed by atoms with E-state index in [4.69, 9.17) is 0 Å². The van der Waals surface area contributed by atoms with Crippen LogP contribution >= 0.6 is 0 Å². The Morgan fingerprint density at radius 2 is 0.771 bits per heavy atom. The monoisotopic (exact) mass is 502 g/mol. The van der Waals surface area contributed by atoms with Crippen LogP contribution in [0.3, 0.4) is 0 Å². The number of aliphatic carboxylic acids is 6. The molecule has 0 aliphatic heterocycles. The average molecular weight is 502 g/mol. The molecule has 0 radical (unpaired) electrons. The van der Waals surface area contributed by atoms with Crippen LogP contribution < -0.4 is 0 Å². The molecule has 2 saturated carbocycles. The zero-order valence-electron chi connectivity index (χ0n) is 17.8. The molecule has 8 unspecified atom stereocenters. The summed E-state index contributed by atoms with van der Waals surface area (Å²) < 4.78 is 4.53. The molecule has 2 fully saturated rings. The van der Waals surface area contributed by atoms with E-state index in [0.29, 0.717) is 0 Å². The molecule has 0 aromatic rings. The summed E-state index contributed by atoms with van der Waals surface area (Å²) in [6, 6.07) is 0. The highest BCUT2D eigenvalue weighted by atomic mass is 16.6. The molecule has 8 atom stereocenters. The summed E-state index contributed by atoms with van der Waals surface area (Å²) in [6.07, 6.45) is -3.08. The maximum Gasteiger partial charge on any atom is 0.313 e. The van der Waals surface area contributed by atoms with Gasteiger partial charge in [-0.25, -0.2) is 0 Å². The summed E-state index contributed by atoms with van der Waals surface area (Å²) in [5.41, 5.74) is 0. The van der Waals surface area contributed by atoms with E-state index in [9.17, 15) is 69.0 Å². The van der Waals surface area contributed by atoms with Crippen LogP contribution in [0, 0.1) is 47.3 Å². The molecule has 2 rings (SSSR count). The van der Waals surface area contributed by atoms with Crippen molar-refractivity contribution >= 4 is 47.8 Å². The van der Waals surface area contributed by atoms with Gasteiger partial charge in [-0.05, 0) is 24.7 Å². The Kier molecular flexibility index (Phi) is 8.15. The van der Waals surface area contributed by atoms with Gasteiger partial charge in [-0.2, -0.15) is 0 Å². The van der Waals surface area contributed by atoms with E-state index in [2.05, 4.69) is 4.74 Å². The fourth-order valence-corrected chi connectivity index (χ4v) is 5.21. The van der Waals surface area contributed by atoms with E-state index in [1.54, 1.807) is 0 Å². The average Bonchev–Trinajstić information content (AvgIpc) is 3.27. The van der Waals surface area contributed by atoms with Crippen LogP contribution in [0.25, 0.3) is 0 Å². The van der Waals surface area contributed by atoms with Crippen LogP contribution in [0.15, 0.2) is 0 Å². The fourth-order valence-electron chi connectivity index (χ4n) is 5.21. The molecule has 0 saturated heterocycles.